The Morgan fingerprint density at radius 3 is 1.66 bits per heavy atom. The van der Waals surface area contributed by atoms with Crippen molar-refractivity contribution in [3.05, 3.63) is 11.6 Å². The zero-order valence-electron chi connectivity index (χ0n) is 42.8. The molecule has 0 aromatic carbocycles. The second-order valence-corrected chi connectivity index (χ2v) is 20.3. The third-order valence-electron chi connectivity index (χ3n) is 14.7. The maximum atomic E-state index is 13.2. The average molecular weight is 1060 g/mol. The molecule has 0 amide bonds. The molecule has 0 spiro atoms. The summed E-state index contributed by atoms with van der Waals surface area (Å²) in [5, 5.41) is 113. The number of hydrogen-bond acceptors (Lipinski definition) is 24. The van der Waals surface area contributed by atoms with Gasteiger partial charge in [0.2, 0.25) is 0 Å². The molecule has 0 saturated carbocycles. The molecule has 2 bridgehead atoms. The van der Waals surface area contributed by atoms with E-state index in [1.807, 2.05) is 6.92 Å². The highest BCUT2D eigenvalue weighted by molar-refractivity contribution is 5.87. The van der Waals surface area contributed by atoms with E-state index in [0.717, 1.165) is 38.5 Å². The fraction of sp³-hybridized carbons (Fsp3) is 0.918. The monoisotopic (exact) mass is 1050 g/mol. The Balaban J connectivity index is 1.35. The van der Waals surface area contributed by atoms with Gasteiger partial charge in [0.05, 0.1) is 37.1 Å². The number of esters is 2. The van der Waals surface area contributed by atoms with Crippen LogP contribution in [0.3, 0.4) is 0 Å². The standard InChI is InChI=1S/C49H82O24/c1-8-17-26-18-15-13-11-10-12-14-16-19-28(50)69-40-35(57)30(52)24(6)65-47(40)71-39-34(56)29(51)22(4)63-45(39)62-20-27-33(55)38(60)43(49(68-27)73-42-37(59)32(54)23(5)64-46(42)67-26)72-48-41(70-44(61)21(3)9-2)36(58)31(53)25(7)66-48/h9,22-27,29-43,45-49,51-60H,8,10-20H2,1-7H3/b21-9+/t22-,23-,24+,25+,26+,27-,29-,30+,31+,32-,33-,34+,35-,36-,37+,38+,39-,40-,41-,42-,43-,45-,46+,47+,48+,49+/m1/s1. The van der Waals surface area contributed by atoms with E-state index in [-0.39, 0.29) is 12.0 Å². The summed E-state index contributed by atoms with van der Waals surface area (Å²) < 4.78 is 73.0. The predicted octanol–water partition coefficient (Wildman–Crippen LogP) is -1.03. The van der Waals surface area contributed by atoms with Gasteiger partial charge >= 0.3 is 11.9 Å². The number of fused-ring (bicyclic) bond motifs is 5. The summed E-state index contributed by atoms with van der Waals surface area (Å²) in [6.07, 6.45) is -31.4. The summed E-state index contributed by atoms with van der Waals surface area (Å²) in [5.41, 5.74) is 0.137. The molecule has 24 heteroatoms. The molecule has 0 unspecified atom stereocenters. The lowest BCUT2D eigenvalue weighted by Crippen LogP contribution is -2.67. The van der Waals surface area contributed by atoms with Crippen molar-refractivity contribution in [2.45, 2.75) is 279 Å². The van der Waals surface area contributed by atoms with E-state index in [9.17, 15) is 60.7 Å². The van der Waals surface area contributed by atoms with Crippen LogP contribution in [-0.4, -0.2) is 229 Å². The number of aliphatic hydroxyl groups excluding tert-OH is 10. The average Bonchev–Trinajstić information content (AvgIpc) is 3.35. The Morgan fingerprint density at radius 2 is 1.05 bits per heavy atom. The first-order valence-electron chi connectivity index (χ1n) is 26.0. The van der Waals surface area contributed by atoms with Crippen LogP contribution in [0.5, 0.6) is 0 Å². The minimum Gasteiger partial charge on any atom is -0.454 e. The summed E-state index contributed by atoms with van der Waals surface area (Å²) in [6.45, 7) is 10.1. The third-order valence-corrected chi connectivity index (χ3v) is 14.7. The molecule has 6 aliphatic rings. The van der Waals surface area contributed by atoms with Gasteiger partial charge in [-0.15, -0.1) is 0 Å². The Kier molecular flexibility index (Phi) is 22.6. The SMILES string of the molecule is C/C=C(\C)C(=O)O[C@H]1[C@H](O[C@H]2[C@@H]3O[C@H]4[C@H](O[C@@H](CCC)CCCCCCCCCC(=O)O[C@H]5[C@H](O[C@H]6[C@H](OC[C@@H](O3)[C@@H](O)[C@@H]2O)O[C@H](C)[C@@H](O)[C@@H]6O)O[C@@H](C)[C@H](O)[C@H]5O)O[C@H](C)[C@@H](O)[C@@H]4O)O[C@@H](C)[C@H](O)[C@H]1O. The molecule has 0 radical (unpaired) electrons. The number of hydrogen-bond donors (Lipinski definition) is 10. The zero-order valence-corrected chi connectivity index (χ0v) is 42.8. The maximum absolute atomic E-state index is 13.2. The molecule has 6 fully saturated rings. The van der Waals surface area contributed by atoms with Crippen molar-refractivity contribution in [1.29, 1.82) is 0 Å². The molecule has 422 valence electrons. The van der Waals surface area contributed by atoms with Gasteiger partial charge in [0.25, 0.3) is 0 Å². The first-order valence-corrected chi connectivity index (χ1v) is 26.0. The minimum absolute atomic E-state index is 0.0162. The van der Waals surface area contributed by atoms with Gasteiger partial charge in [-0.2, -0.15) is 0 Å². The molecule has 26 atom stereocenters. The zero-order chi connectivity index (χ0) is 53.4. The first-order chi connectivity index (χ1) is 34.7. The Morgan fingerprint density at radius 1 is 0.562 bits per heavy atom. The van der Waals surface area contributed by atoms with Gasteiger partial charge in [0.15, 0.2) is 43.7 Å². The number of allylic oxidation sites excluding steroid dienone is 1. The van der Waals surface area contributed by atoms with E-state index >= 15 is 0 Å². The smallest absolute Gasteiger partial charge is 0.333 e. The highest BCUT2D eigenvalue weighted by Crippen LogP contribution is 2.37. The van der Waals surface area contributed by atoms with Crippen LogP contribution in [0.4, 0.5) is 0 Å². The third kappa shape index (κ3) is 14.7. The second kappa shape index (κ2) is 27.5. The van der Waals surface area contributed by atoms with Gasteiger partial charge in [-0.1, -0.05) is 57.9 Å². The molecule has 24 nitrogen and oxygen atoms in total. The molecule has 0 aromatic heterocycles. The fourth-order valence-electron chi connectivity index (χ4n) is 9.83. The number of aliphatic hydroxyl groups is 10. The normalized spacial score (nSPS) is 47.7. The van der Waals surface area contributed by atoms with Gasteiger partial charge in [0, 0.05) is 12.0 Å². The van der Waals surface area contributed by atoms with Crippen molar-refractivity contribution in [1.82, 2.24) is 0 Å². The van der Waals surface area contributed by atoms with Gasteiger partial charge in [-0.25, -0.2) is 4.79 Å². The number of carbonyl (C=O) groups is 2. The van der Waals surface area contributed by atoms with E-state index in [0.29, 0.717) is 25.7 Å². The molecule has 6 rings (SSSR count). The van der Waals surface area contributed by atoms with Crippen LogP contribution < -0.4 is 0 Å². The van der Waals surface area contributed by atoms with Crippen molar-refractivity contribution in [2.24, 2.45) is 0 Å². The van der Waals surface area contributed by atoms with Crippen molar-refractivity contribution in [3.8, 4) is 0 Å². The highest BCUT2D eigenvalue weighted by Gasteiger charge is 2.56. The van der Waals surface area contributed by atoms with Crippen LogP contribution in [0.2, 0.25) is 0 Å². The summed E-state index contributed by atoms with van der Waals surface area (Å²) in [7, 11) is 0. The number of carbonyl (C=O) groups excluding carboxylic acids is 2. The molecule has 6 heterocycles. The van der Waals surface area contributed by atoms with Crippen LogP contribution in [0.1, 0.15) is 119 Å². The van der Waals surface area contributed by atoms with Gasteiger partial charge < -0.3 is 108 Å². The van der Waals surface area contributed by atoms with E-state index in [1.165, 1.54) is 33.8 Å². The largest absolute Gasteiger partial charge is 0.454 e. The predicted molar refractivity (Wildman–Crippen MR) is 247 cm³/mol. The van der Waals surface area contributed by atoms with Crippen LogP contribution in [0.15, 0.2) is 11.6 Å². The lowest BCUT2D eigenvalue weighted by Gasteiger charge is -2.49. The van der Waals surface area contributed by atoms with Gasteiger partial charge in [-0.3, -0.25) is 4.79 Å². The lowest BCUT2D eigenvalue weighted by molar-refractivity contribution is -0.398. The van der Waals surface area contributed by atoms with Gasteiger partial charge in [0.1, 0.15) is 85.5 Å². The topological polar surface area (TPSA) is 347 Å². The highest BCUT2D eigenvalue weighted by atomic mass is 16.8. The van der Waals surface area contributed by atoms with Crippen LogP contribution in [-0.2, 0) is 66.4 Å². The summed E-state index contributed by atoms with van der Waals surface area (Å²) >= 11 is 0. The fourth-order valence-corrected chi connectivity index (χ4v) is 9.83. The molecular weight excluding hydrogens is 973 g/mol. The Bertz CT molecular complexity index is 1740. The quantitative estimate of drug-likeness (QED) is 0.112. The summed E-state index contributed by atoms with van der Waals surface area (Å²) in [4.78, 5) is 26.3. The van der Waals surface area contributed by atoms with E-state index in [1.54, 1.807) is 13.8 Å². The molecule has 73 heavy (non-hydrogen) atoms. The molecule has 6 aliphatic heterocycles. The lowest BCUT2D eigenvalue weighted by atomic mass is 9.96. The summed E-state index contributed by atoms with van der Waals surface area (Å²) in [5.74, 6) is -1.60. The van der Waals surface area contributed by atoms with Crippen molar-refractivity contribution in [3.63, 3.8) is 0 Å². The molecular formula is C49H82O24. The van der Waals surface area contributed by atoms with Crippen LogP contribution in [0.25, 0.3) is 0 Å². The van der Waals surface area contributed by atoms with Crippen LogP contribution >= 0.6 is 0 Å². The molecule has 0 aromatic rings. The van der Waals surface area contributed by atoms with Crippen LogP contribution in [0, 0.1) is 0 Å². The summed E-state index contributed by atoms with van der Waals surface area (Å²) in [6, 6.07) is 0. The molecule has 0 aliphatic carbocycles. The first kappa shape index (κ1) is 60.1. The van der Waals surface area contributed by atoms with E-state index in [4.69, 9.17) is 56.8 Å². The minimum atomic E-state index is -2.03. The van der Waals surface area contributed by atoms with Crippen molar-refractivity contribution >= 4 is 11.9 Å². The van der Waals surface area contributed by atoms with E-state index < -0.39 is 178 Å². The van der Waals surface area contributed by atoms with E-state index in [2.05, 4.69) is 0 Å². The number of rotatable bonds is 6. The van der Waals surface area contributed by atoms with Crippen molar-refractivity contribution in [2.75, 3.05) is 6.61 Å². The molecule has 6 saturated heterocycles. The van der Waals surface area contributed by atoms with Crippen molar-refractivity contribution < 1.29 is 117 Å². The Hall–Kier alpha value is -2.12. The maximum Gasteiger partial charge on any atom is 0.333 e. The second-order valence-electron chi connectivity index (χ2n) is 20.3. The molecule has 10 N–H and O–H groups in total. The Labute approximate surface area is 425 Å². The van der Waals surface area contributed by atoms with Gasteiger partial charge in [-0.05, 0) is 60.8 Å². The number of ether oxygens (including phenoxy) is 12.